The van der Waals surface area contributed by atoms with Crippen LogP contribution in [0.3, 0.4) is 0 Å². The van der Waals surface area contributed by atoms with Crippen LogP contribution in [0.4, 0.5) is 5.69 Å². The van der Waals surface area contributed by atoms with Gasteiger partial charge >= 0.3 is 0 Å². The van der Waals surface area contributed by atoms with Crippen molar-refractivity contribution in [2.75, 3.05) is 0 Å². The molecule has 0 saturated carbocycles. The van der Waals surface area contributed by atoms with E-state index in [2.05, 4.69) is 85.0 Å². The number of fused-ring (bicyclic) bond motifs is 1. The number of nitrogens with zero attached hydrogens (tertiary/aromatic N) is 2. The minimum atomic E-state index is 0.674. The number of hydrogen-bond donors (Lipinski definition) is 0. The smallest absolute Gasteiger partial charge is 0.220 e. The Bertz CT molecular complexity index is 1200. The largest absolute Gasteiger partial charge is 0.238 e. The first-order valence-corrected chi connectivity index (χ1v) is 9.05. The number of aryl methyl sites for hydroxylation is 2. The third-order valence-corrected chi connectivity index (χ3v) is 5.28. The molecule has 0 amide bonds. The van der Waals surface area contributed by atoms with Crippen LogP contribution >= 0.6 is 0 Å². The number of hydrogen-bond acceptors (Lipinski definition) is 0. The molecule has 4 rings (SSSR count). The van der Waals surface area contributed by atoms with Crippen LogP contribution in [0.25, 0.3) is 38.0 Å². The molecule has 1 aromatic heterocycles. The Morgan fingerprint density at radius 2 is 1.63 bits per heavy atom. The van der Waals surface area contributed by atoms with Crippen molar-refractivity contribution >= 4 is 16.5 Å². The van der Waals surface area contributed by atoms with Crippen molar-refractivity contribution in [3.8, 4) is 22.4 Å². The van der Waals surface area contributed by atoms with Gasteiger partial charge in [0.05, 0.1) is 17.5 Å². The van der Waals surface area contributed by atoms with Crippen LogP contribution in [0.2, 0.25) is 0 Å². The Morgan fingerprint density at radius 1 is 0.852 bits per heavy atom. The van der Waals surface area contributed by atoms with Gasteiger partial charge in [-0.2, -0.15) is 0 Å². The molecule has 0 aliphatic heterocycles. The summed E-state index contributed by atoms with van der Waals surface area (Å²) >= 11 is 0. The van der Waals surface area contributed by atoms with Gasteiger partial charge in [0.2, 0.25) is 5.69 Å². The molecule has 3 aromatic carbocycles. The Kier molecular flexibility index (Phi) is 4.22. The summed E-state index contributed by atoms with van der Waals surface area (Å²) in [7, 11) is 2.08. The van der Waals surface area contributed by atoms with Gasteiger partial charge in [0.1, 0.15) is 7.05 Å². The second kappa shape index (κ2) is 6.70. The molecule has 0 atom stereocenters. The van der Waals surface area contributed by atoms with Crippen molar-refractivity contribution in [3.63, 3.8) is 0 Å². The Balaban J connectivity index is 2.03. The molecule has 0 saturated heterocycles. The van der Waals surface area contributed by atoms with Crippen molar-refractivity contribution in [1.29, 1.82) is 0 Å². The second-order valence-corrected chi connectivity index (χ2v) is 6.99. The van der Waals surface area contributed by atoms with E-state index in [1.807, 2.05) is 18.2 Å². The van der Waals surface area contributed by atoms with E-state index >= 15 is 0 Å². The fourth-order valence-electron chi connectivity index (χ4n) is 3.67. The van der Waals surface area contributed by atoms with Gasteiger partial charge < -0.3 is 0 Å². The van der Waals surface area contributed by atoms with Crippen LogP contribution < -0.4 is 4.57 Å². The third-order valence-electron chi connectivity index (χ3n) is 5.28. The monoisotopic (exact) mass is 349 g/mol. The highest BCUT2D eigenvalue weighted by Gasteiger charge is 2.19. The number of aromatic nitrogens is 1. The molecule has 0 radical (unpaired) electrons. The van der Waals surface area contributed by atoms with Gasteiger partial charge in [-0.25, -0.2) is 9.41 Å². The molecule has 1 heterocycles. The molecule has 130 valence electrons. The maximum Gasteiger partial charge on any atom is 0.220 e. The first-order chi connectivity index (χ1) is 13.1. The van der Waals surface area contributed by atoms with Crippen LogP contribution in [0, 0.1) is 20.4 Å². The van der Waals surface area contributed by atoms with Crippen LogP contribution in [-0.2, 0) is 7.05 Å². The molecular weight excluding hydrogens is 328 g/mol. The van der Waals surface area contributed by atoms with E-state index in [0.29, 0.717) is 5.69 Å². The molecule has 0 N–H and O–H groups in total. The van der Waals surface area contributed by atoms with Crippen molar-refractivity contribution in [2.45, 2.75) is 13.8 Å². The molecule has 0 spiro atoms. The summed E-state index contributed by atoms with van der Waals surface area (Å²) in [4.78, 5) is 3.57. The van der Waals surface area contributed by atoms with Crippen molar-refractivity contribution < 1.29 is 4.57 Å². The molecular formula is C25H21N2+. The number of rotatable bonds is 2. The summed E-state index contributed by atoms with van der Waals surface area (Å²) in [5.41, 5.74) is 8.10. The van der Waals surface area contributed by atoms with Gasteiger partial charge in [-0.15, -0.1) is 0 Å². The summed E-state index contributed by atoms with van der Waals surface area (Å²) in [6.45, 7) is 11.6. The predicted molar refractivity (Wildman–Crippen MR) is 112 cm³/mol. The van der Waals surface area contributed by atoms with E-state index < -0.39 is 0 Å². The van der Waals surface area contributed by atoms with Gasteiger partial charge in [-0.1, -0.05) is 48.5 Å². The zero-order chi connectivity index (χ0) is 19.0. The maximum atomic E-state index is 7.28. The maximum absolute atomic E-state index is 7.28. The van der Waals surface area contributed by atoms with Crippen molar-refractivity contribution in [1.82, 2.24) is 0 Å². The molecule has 4 aromatic rings. The Morgan fingerprint density at radius 3 is 2.37 bits per heavy atom. The van der Waals surface area contributed by atoms with Crippen LogP contribution in [0.1, 0.15) is 11.1 Å². The van der Waals surface area contributed by atoms with Gasteiger partial charge in [0, 0.05) is 6.07 Å². The first-order valence-electron chi connectivity index (χ1n) is 9.05. The molecule has 0 unspecified atom stereocenters. The van der Waals surface area contributed by atoms with E-state index in [1.165, 1.54) is 38.9 Å². The van der Waals surface area contributed by atoms with Crippen molar-refractivity contribution in [2.24, 2.45) is 7.05 Å². The summed E-state index contributed by atoms with van der Waals surface area (Å²) in [6, 6.07) is 23.1. The molecule has 0 fully saturated rings. The van der Waals surface area contributed by atoms with E-state index in [0.717, 1.165) is 5.39 Å². The zero-order valence-corrected chi connectivity index (χ0v) is 15.8. The van der Waals surface area contributed by atoms with Crippen LogP contribution in [0.15, 0.2) is 72.9 Å². The van der Waals surface area contributed by atoms with E-state index in [9.17, 15) is 0 Å². The Hall–Kier alpha value is -3.44. The van der Waals surface area contributed by atoms with Crippen LogP contribution in [-0.4, -0.2) is 0 Å². The Labute approximate surface area is 160 Å². The fourth-order valence-corrected chi connectivity index (χ4v) is 3.67. The highest BCUT2D eigenvalue weighted by atomic mass is 14.9. The standard InChI is InChI=1S/C25H21N2/c1-17-14-21(19-8-6-5-7-9-19)16-24(18(17)2)25-23-11-10-22(26-3)15-20(23)12-13-27(25)4/h5-16H,1-2,4H3/q+1. The lowest BCUT2D eigenvalue weighted by Crippen LogP contribution is -2.30. The van der Waals surface area contributed by atoms with Gasteiger partial charge in [0.15, 0.2) is 11.9 Å². The quantitative estimate of drug-likeness (QED) is 0.302. The lowest BCUT2D eigenvalue weighted by Gasteiger charge is -2.13. The molecule has 2 heteroatoms. The topological polar surface area (TPSA) is 8.24 Å². The zero-order valence-electron chi connectivity index (χ0n) is 15.8. The number of pyridine rings is 1. The molecule has 2 nitrogen and oxygen atoms in total. The van der Waals surface area contributed by atoms with Crippen LogP contribution in [0.5, 0.6) is 0 Å². The average Bonchev–Trinajstić information content (AvgIpc) is 2.70. The van der Waals surface area contributed by atoms with Gasteiger partial charge in [-0.3, -0.25) is 0 Å². The van der Waals surface area contributed by atoms with E-state index in [1.54, 1.807) is 0 Å². The van der Waals surface area contributed by atoms with Crippen molar-refractivity contribution in [3.05, 3.63) is 95.5 Å². The summed E-state index contributed by atoms with van der Waals surface area (Å²) in [5, 5.41) is 2.26. The molecule has 0 aliphatic rings. The molecule has 0 bridgehead atoms. The summed E-state index contributed by atoms with van der Waals surface area (Å²) in [6.07, 6.45) is 2.08. The molecule has 27 heavy (non-hydrogen) atoms. The average molecular weight is 349 g/mol. The van der Waals surface area contributed by atoms with Gasteiger partial charge in [-0.05, 0) is 53.6 Å². The normalized spacial score (nSPS) is 10.7. The lowest BCUT2D eigenvalue weighted by molar-refractivity contribution is -0.659. The fraction of sp³-hybridized carbons (Fsp3) is 0.120. The third kappa shape index (κ3) is 2.98. The predicted octanol–water partition coefficient (Wildman–Crippen LogP) is 6.17. The summed E-state index contributed by atoms with van der Waals surface area (Å²) in [5.74, 6) is 0. The SMILES string of the molecule is [C-]#[N+]c1ccc2c(-c3cc(-c4ccccc4)cc(C)c3C)[n+](C)ccc2c1. The molecule has 0 aliphatic carbocycles. The van der Waals surface area contributed by atoms with E-state index in [-0.39, 0.29) is 0 Å². The highest BCUT2D eigenvalue weighted by molar-refractivity contribution is 5.96. The summed E-state index contributed by atoms with van der Waals surface area (Å²) < 4.78 is 2.18. The minimum absolute atomic E-state index is 0.674. The lowest BCUT2D eigenvalue weighted by atomic mass is 9.92. The minimum Gasteiger partial charge on any atom is -0.238 e. The number of benzene rings is 3. The second-order valence-electron chi connectivity index (χ2n) is 6.99. The first kappa shape index (κ1) is 17.0. The van der Waals surface area contributed by atoms with E-state index in [4.69, 9.17) is 6.57 Å². The highest BCUT2D eigenvalue weighted by Crippen LogP contribution is 2.34. The van der Waals surface area contributed by atoms with Gasteiger partial charge in [0.25, 0.3) is 0 Å².